The van der Waals surface area contributed by atoms with Crippen molar-refractivity contribution in [2.45, 2.75) is 279 Å². The van der Waals surface area contributed by atoms with Gasteiger partial charge in [0.05, 0.1) is 151 Å². The minimum absolute atomic E-state index is 0.0446. The molecule has 145 heavy (non-hydrogen) atoms. The minimum Gasteiger partial charge on any atom is -0.497 e. The Morgan fingerprint density at radius 3 is 1.14 bits per heavy atom. The quantitative estimate of drug-likeness (QED) is 0.00976. The van der Waals surface area contributed by atoms with Gasteiger partial charge in [-0.05, 0) is 272 Å². The van der Waals surface area contributed by atoms with Crippen LogP contribution in [0.4, 0.5) is 64.8 Å². The molecule has 10 aromatic rings. The summed E-state index contributed by atoms with van der Waals surface area (Å²) in [5.41, 5.74) is 17.4. The number of carbonyl (C=O) groups excluding carboxylic acids is 6. The predicted molar refractivity (Wildman–Crippen MR) is 570 cm³/mol. The number of aliphatic hydroxyl groups is 1. The highest BCUT2D eigenvalue weighted by molar-refractivity contribution is 5.95. The van der Waals surface area contributed by atoms with Gasteiger partial charge in [-0.15, -0.1) is 0 Å². The maximum atomic E-state index is 13.5. The van der Waals surface area contributed by atoms with Gasteiger partial charge in [-0.1, -0.05) is 159 Å². The lowest BCUT2D eigenvalue weighted by atomic mass is 9.71. The molecule has 5 fully saturated rings. The fraction of sp³-hybridized carbons (Fsp3) is 0.457. The highest BCUT2D eigenvalue weighted by atomic mass is 19.1. The van der Waals surface area contributed by atoms with Crippen molar-refractivity contribution in [3.8, 4) is 11.5 Å². The fourth-order valence-corrected chi connectivity index (χ4v) is 18.7. The van der Waals surface area contributed by atoms with Gasteiger partial charge in [-0.3, -0.25) is 4.98 Å². The van der Waals surface area contributed by atoms with E-state index < -0.39 is 23.8 Å². The second kappa shape index (κ2) is 59.6. The number of aromatic nitrogens is 3. The zero-order valence-corrected chi connectivity index (χ0v) is 86.2. The summed E-state index contributed by atoms with van der Waals surface area (Å²) in [6.45, 7) is 20.3. The minimum atomic E-state index is -0.750. The average molecular weight is 1990 g/mol. The molecule has 8 aromatic carbocycles. The van der Waals surface area contributed by atoms with Gasteiger partial charge in [-0.25, -0.2) is 47.5 Å². The smallest absolute Gasteiger partial charge is 0.497 e. The van der Waals surface area contributed by atoms with Crippen molar-refractivity contribution in [1.82, 2.24) is 15.0 Å². The Kier molecular flexibility index (Phi) is 46.0. The Bertz CT molecular complexity index is 5650. The Labute approximate surface area is 854 Å². The van der Waals surface area contributed by atoms with Crippen LogP contribution in [-0.2, 0) is 74.2 Å². The predicted octanol–water partition coefficient (Wildman–Crippen LogP) is 25.9. The van der Waals surface area contributed by atoms with Crippen molar-refractivity contribution in [3.05, 3.63) is 273 Å². The summed E-state index contributed by atoms with van der Waals surface area (Å²) in [6.07, 6.45) is 34.5. The van der Waals surface area contributed by atoms with Crippen LogP contribution in [-0.4, -0.2) is 127 Å². The van der Waals surface area contributed by atoms with E-state index in [1.807, 2.05) is 129 Å². The maximum Gasteiger partial charge on any atom is 0.513 e. The van der Waals surface area contributed by atoms with Gasteiger partial charge in [-0.2, -0.15) is 0 Å². The van der Waals surface area contributed by atoms with E-state index in [0.717, 1.165) is 143 Å². The number of nitrogens with one attached hydrogen (secondary N) is 9. The molecular weight excluding hydrogens is 1840 g/mol. The number of pyridine rings is 1. The molecule has 29 heteroatoms. The zero-order chi connectivity index (χ0) is 103. The van der Waals surface area contributed by atoms with Crippen LogP contribution in [0.25, 0.3) is 0 Å². The number of halogens is 2. The third-order valence-corrected chi connectivity index (χ3v) is 26.6. The molecule has 0 spiro atoms. The number of hydrogen-bond donors (Lipinski definition) is 10. The number of esters is 5. The molecule has 2 heterocycles. The van der Waals surface area contributed by atoms with Crippen LogP contribution in [0.2, 0.25) is 0 Å². The summed E-state index contributed by atoms with van der Waals surface area (Å²) in [7, 11) is 2.88. The van der Waals surface area contributed by atoms with E-state index in [2.05, 4.69) is 100 Å². The Balaban J connectivity index is 0.000000173. The molecule has 0 amide bonds. The topological polar surface area (TPSA) is 343 Å². The molecule has 0 bridgehead atoms. The van der Waals surface area contributed by atoms with E-state index >= 15 is 0 Å². The first-order valence-corrected chi connectivity index (χ1v) is 51.9. The van der Waals surface area contributed by atoms with E-state index in [9.17, 15) is 42.7 Å². The van der Waals surface area contributed by atoms with Crippen molar-refractivity contribution in [2.24, 2.45) is 17.3 Å². The van der Waals surface area contributed by atoms with Crippen LogP contribution in [0.1, 0.15) is 300 Å². The number of nitrogens with zero attached hydrogens (tertiary/aromatic N) is 3. The number of carbonyl (C=O) groups is 6. The van der Waals surface area contributed by atoms with Crippen molar-refractivity contribution >= 4 is 87.2 Å². The summed E-state index contributed by atoms with van der Waals surface area (Å²) >= 11 is 0. The average Bonchev–Trinajstić information content (AvgIpc) is 0.832. The first kappa shape index (κ1) is 112. The van der Waals surface area contributed by atoms with Crippen molar-refractivity contribution < 1.29 is 80.5 Å². The van der Waals surface area contributed by atoms with Crippen LogP contribution in [0.15, 0.2) is 195 Å². The number of benzene rings is 8. The summed E-state index contributed by atoms with van der Waals surface area (Å²) < 4.78 is 67.4. The van der Waals surface area contributed by atoms with E-state index in [-0.39, 0.29) is 37.0 Å². The number of ether oxygens (including phenoxy) is 8. The number of aliphatic hydroxyl groups excluding tert-OH is 1. The molecule has 0 atom stereocenters. The number of hydrogen-bond acceptors (Lipinski definition) is 27. The molecule has 5 aliphatic rings. The first-order chi connectivity index (χ1) is 70.4. The molecular formula is C116H150F2N12O15. The SMILES string of the molecule is CCOC(=O)c1ccc(NC2CCC(C(C)(C)C)CC2)c(NCc2ccncn2)c1.CCOC(=O)c1ccc(NC2CCCCC2)c(NCc2cc(CO)cc(OC)c2)c1.CCOC(=O)c1ccc(NC2CCCCC2)c(NCc2cc(F)cc(F)c2)c1.CCOC(=O)c1ccc(NC2CCCCC2)c(NCc2ccc(OC(=O)OC)cc2)c1.CCOC(=O)c1cnc(CC2CCCCC2)c(NCc2ccccc2)c1. The standard InChI is InChI=1S/C24H34N4O2.C24H30N2O5.C24H32N2O4.C22H26F2N2O2.C22H28N2O2/c1-5-30-23(29)17-6-11-21(22(14-17)26-15-20-12-13-25-16-27-20)28-19-9-7-18(8-10-19)24(2,3)4;1-3-30-23(27)18-11-14-21(26-19-7-5-4-6-8-19)22(15-18)25-16-17-9-12-20(13-10-17)31-24(28)29-2;1-3-30-24(28)19-9-10-22(26-20-7-5-4-6-8-20)23(14-19)25-15-17-11-18(16-27)13-21(12-17)29-2;1-2-28-22(27)16-8-9-20(26-19-6-4-3-5-7-19)21(12-16)25-14-15-10-17(23)13-18(24)11-15;1-2-26-22(25)19-14-21(23-15-18-11-7-4-8-12-18)20(24-16-19)13-17-9-5-3-6-10-17/h6,11-14,16,18-19,26,28H,5,7-10,15H2,1-4H3;9-15,19,25-26H,3-8,16H2,1-2H3;9-14,20,25-27H,3-8,15-16H2,1-2H3;8-13,19,25-26H,2-7,14H2,1H3;4,7-8,11-12,14,16-17,23H,2-3,5-6,9-10,13,15H2,1H3. The molecule has 778 valence electrons. The summed E-state index contributed by atoms with van der Waals surface area (Å²) in [5.74, 6) is -0.306. The highest BCUT2D eigenvalue weighted by Gasteiger charge is 2.31. The van der Waals surface area contributed by atoms with Gasteiger partial charge in [0.15, 0.2) is 0 Å². The first-order valence-electron chi connectivity index (χ1n) is 51.9. The van der Waals surface area contributed by atoms with Gasteiger partial charge in [0.1, 0.15) is 29.5 Å². The lowest BCUT2D eigenvalue weighted by molar-refractivity contribution is 0.0516. The Morgan fingerprint density at radius 1 is 0.366 bits per heavy atom. The maximum absolute atomic E-state index is 13.5. The van der Waals surface area contributed by atoms with Crippen LogP contribution in [0.3, 0.4) is 0 Å². The zero-order valence-electron chi connectivity index (χ0n) is 86.2. The number of methoxy groups -OCH3 is 2. The molecule has 2 aromatic heterocycles. The summed E-state index contributed by atoms with van der Waals surface area (Å²) in [6, 6.07) is 54.2. The third kappa shape index (κ3) is 37.5. The van der Waals surface area contributed by atoms with Gasteiger partial charge in [0.25, 0.3) is 0 Å². The monoisotopic (exact) mass is 1990 g/mol. The fourth-order valence-electron chi connectivity index (χ4n) is 18.7. The summed E-state index contributed by atoms with van der Waals surface area (Å²) in [5, 5.41) is 41.0. The van der Waals surface area contributed by atoms with E-state index in [1.165, 1.54) is 128 Å². The van der Waals surface area contributed by atoms with Gasteiger partial charge < -0.3 is 90.9 Å². The van der Waals surface area contributed by atoms with E-state index in [1.54, 1.807) is 76.9 Å². The highest BCUT2D eigenvalue weighted by Crippen LogP contribution is 2.41. The molecule has 5 aliphatic carbocycles. The summed E-state index contributed by atoms with van der Waals surface area (Å²) in [4.78, 5) is 84.9. The molecule has 0 saturated heterocycles. The Morgan fingerprint density at radius 2 is 0.745 bits per heavy atom. The van der Waals surface area contributed by atoms with E-state index in [0.29, 0.717) is 145 Å². The second-order valence-electron chi connectivity index (χ2n) is 38.3. The van der Waals surface area contributed by atoms with Crippen LogP contribution < -0.4 is 57.3 Å². The Hall–Kier alpha value is -13.6. The normalized spacial score (nSPS) is 15.3. The molecule has 10 N–H and O–H groups in total. The molecule has 27 nitrogen and oxygen atoms in total. The molecule has 0 aliphatic heterocycles. The van der Waals surface area contributed by atoms with Crippen LogP contribution in [0.5, 0.6) is 11.5 Å². The van der Waals surface area contributed by atoms with Crippen molar-refractivity contribution in [2.75, 3.05) is 95.1 Å². The molecule has 15 rings (SSSR count). The second-order valence-corrected chi connectivity index (χ2v) is 38.3. The van der Waals surface area contributed by atoms with Crippen molar-refractivity contribution in [3.63, 3.8) is 0 Å². The van der Waals surface area contributed by atoms with Gasteiger partial charge in [0.2, 0.25) is 0 Å². The van der Waals surface area contributed by atoms with Gasteiger partial charge >= 0.3 is 36.0 Å². The van der Waals surface area contributed by atoms with Crippen molar-refractivity contribution in [1.29, 1.82) is 0 Å². The van der Waals surface area contributed by atoms with Crippen LogP contribution in [0, 0.1) is 28.9 Å². The van der Waals surface area contributed by atoms with Crippen LogP contribution >= 0.6 is 0 Å². The van der Waals surface area contributed by atoms with Gasteiger partial charge in [0, 0.05) is 68.8 Å². The molecule has 0 unspecified atom stereocenters. The number of rotatable bonds is 38. The molecule has 5 saturated carbocycles. The van der Waals surface area contributed by atoms with E-state index in [4.69, 9.17) is 33.2 Å². The largest absolute Gasteiger partial charge is 0.513 e. The lowest BCUT2D eigenvalue weighted by Gasteiger charge is -2.37. The number of anilines is 9. The molecule has 0 radical (unpaired) electrons. The lowest BCUT2D eigenvalue weighted by Crippen LogP contribution is -2.31. The third-order valence-electron chi connectivity index (χ3n) is 26.6.